The number of fused-ring (bicyclic) bond motifs is 1. The van der Waals surface area contributed by atoms with Gasteiger partial charge in [-0.2, -0.15) is 0 Å². The van der Waals surface area contributed by atoms with E-state index >= 15 is 0 Å². The van der Waals surface area contributed by atoms with E-state index in [9.17, 15) is 14.7 Å². The molecule has 0 unspecified atom stereocenters. The number of nitrogens with zero attached hydrogens (tertiary/aromatic N) is 2. The van der Waals surface area contributed by atoms with Gasteiger partial charge >= 0.3 is 0 Å². The number of aliphatic hydroxyl groups excluding tert-OH is 1. The Morgan fingerprint density at radius 3 is 2.53 bits per heavy atom. The maximum Gasteiger partial charge on any atom is 0.254 e. The molecule has 1 N–H and O–H groups in total. The average Bonchev–Trinajstić information content (AvgIpc) is 3.20. The van der Waals surface area contributed by atoms with Gasteiger partial charge in [-0.05, 0) is 23.8 Å². The van der Waals surface area contributed by atoms with Gasteiger partial charge in [0.1, 0.15) is 0 Å². The highest BCUT2D eigenvalue weighted by Crippen LogP contribution is 2.54. The Bertz CT molecular complexity index is 986. The summed E-state index contributed by atoms with van der Waals surface area (Å²) < 4.78 is 10.7. The van der Waals surface area contributed by atoms with Crippen LogP contribution in [0.5, 0.6) is 11.5 Å². The third-order valence-corrected chi connectivity index (χ3v) is 6.53. The number of hydrogen-bond acceptors (Lipinski definition) is 5. The molecule has 0 aromatic heterocycles. The molecule has 30 heavy (non-hydrogen) atoms. The van der Waals surface area contributed by atoms with Gasteiger partial charge in [-0.3, -0.25) is 9.59 Å². The van der Waals surface area contributed by atoms with Crippen molar-refractivity contribution < 1.29 is 24.2 Å². The number of aliphatic hydroxyl groups is 1. The molecule has 0 radical (unpaired) electrons. The van der Waals surface area contributed by atoms with Gasteiger partial charge in [0.25, 0.3) is 5.91 Å². The number of amides is 2. The van der Waals surface area contributed by atoms with Crippen LogP contribution in [-0.2, 0) is 4.79 Å². The number of carbonyl (C=O) groups excluding carboxylic acids is 2. The summed E-state index contributed by atoms with van der Waals surface area (Å²) in [5.41, 5.74) is 1.16. The van der Waals surface area contributed by atoms with Gasteiger partial charge in [0, 0.05) is 31.0 Å². The summed E-state index contributed by atoms with van der Waals surface area (Å²) in [7, 11) is 0. The zero-order chi connectivity index (χ0) is 20.9. The standard InChI is InChI=1S/C23H24N2O5/c1-2-20(27)25-17(11-26)21(15-6-4-3-5-7-15)23(25)12-24(13-23)22(28)16-8-9-18-19(10-16)30-14-29-18/h3-10,17,21,26H,2,11-14H2,1H3/t17-,21-/m1/s1. The van der Waals surface area contributed by atoms with Crippen LogP contribution in [0.15, 0.2) is 48.5 Å². The van der Waals surface area contributed by atoms with E-state index in [2.05, 4.69) is 0 Å². The van der Waals surface area contributed by atoms with E-state index < -0.39 is 5.54 Å². The summed E-state index contributed by atoms with van der Waals surface area (Å²) in [6.45, 7) is 2.79. The van der Waals surface area contributed by atoms with E-state index in [0.717, 1.165) is 5.56 Å². The summed E-state index contributed by atoms with van der Waals surface area (Å²) >= 11 is 0. The summed E-state index contributed by atoms with van der Waals surface area (Å²) in [5.74, 6) is 1.13. The SMILES string of the molecule is CCC(=O)N1[C@H](CO)[C@@H](c2ccccc2)C12CN(C(=O)c1ccc3c(c1)OCO3)C2. The second kappa shape index (κ2) is 7.02. The Morgan fingerprint density at radius 2 is 1.83 bits per heavy atom. The summed E-state index contributed by atoms with van der Waals surface area (Å²) in [6.07, 6.45) is 0.371. The molecule has 2 aromatic carbocycles. The zero-order valence-corrected chi connectivity index (χ0v) is 16.8. The number of hydrogen-bond donors (Lipinski definition) is 1. The van der Waals surface area contributed by atoms with Crippen molar-refractivity contribution in [2.24, 2.45) is 0 Å². The smallest absolute Gasteiger partial charge is 0.254 e. The molecule has 156 valence electrons. The van der Waals surface area contributed by atoms with E-state index in [1.165, 1.54) is 0 Å². The molecular formula is C23H24N2O5. The van der Waals surface area contributed by atoms with Crippen molar-refractivity contribution in [3.63, 3.8) is 0 Å². The largest absolute Gasteiger partial charge is 0.454 e. The fraction of sp³-hybridized carbons (Fsp3) is 0.391. The topological polar surface area (TPSA) is 79.3 Å². The van der Waals surface area contributed by atoms with Crippen molar-refractivity contribution in [1.82, 2.24) is 9.80 Å². The molecule has 7 nitrogen and oxygen atoms in total. The minimum atomic E-state index is -0.464. The van der Waals surface area contributed by atoms with Crippen LogP contribution in [0.2, 0.25) is 0 Å². The molecule has 2 aromatic rings. The third-order valence-electron chi connectivity index (χ3n) is 6.53. The van der Waals surface area contributed by atoms with E-state index in [1.807, 2.05) is 42.2 Å². The first-order chi connectivity index (χ1) is 14.6. The lowest BCUT2D eigenvalue weighted by atomic mass is 9.60. The molecule has 3 aliphatic rings. The normalized spacial score (nSPS) is 23.1. The van der Waals surface area contributed by atoms with E-state index in [4.69, 9.17) is 9.47 Å². The molecule has 2 amide bonds. The molecule has 2 saturated heterocycles. The summed E-state index contributed by atoms with van der Waals surface area (Å²) in [4.78, 5) is 29.4. The Labute approximate surface area is 174 Å². The minimum absolute atomic E-state index is 0.00000362. The van der Waals surface area contributed by atoms with Crippen molar-refractivity contribution in [3.05, 3.63) is 59.7 Å². The van der Waals surface area contributed by atoms with Crippen LogP contribution < -0.4 is 9.47 Å². The third kappa shape index (κ3) is 2.61. The van der Waals surface area contributed by atoms with Crippen molar-refractivity contribution in [2.75, 3.05) is 26.5 Å². The quantitative estimate of drug-likeness (QED) is 0.837. The Morgan fingerprint density at radius 1 is 1.10 bits per heavy atom. The highest BCUT2D eigenvalue weighted by molar-refractivity contribution is 5.96. The van der Waals surface area contributed by atoms with Crippen LogP contribution in [0.4, 0.5) is 0 Å². The molecule has 7 heteroatoms. The van der Waals surface area contributed by atoms with Crippen molar-refractivity contribution in [1.29, 1.82) is 0 Å². The second-order valence-corrected chi connectivity index (χ2v) is 8.09. The van der Waals surface area contributed by atoms with E-state index in [1.54, 1.807) is 23.1 Å². The first-order valence-electron chi connectivity index (χ1n) is 10.3. The van der Waals surface area contributed by atoms with Crippen LogP contribution in [0.1, 0.15) is 35.2 Å². The van der Waals surface area contributed by atoms with Gasteiger partial charge in [-0.15, -0.1) is 0 Å². The van der Waals surface area contributed by atoms with Gasteiger partial charge in [-0.1, -0.05) is 37.3 Å². The van der Waals surface area contributed by atoms with Crippen LogP contribution >= 0.6 is 0 Å². The predicted octanol–water partition coefficient (Wildman–Crippen LogP) is 2.01. The molecule has 3 heterocycles. The van der Waals surface area contributed by atoms with E-state index in [0.29, 0.717) is 36.6 Å². The zero-order valence-electron chi connectivity index (χ0n) is 16.8. The molecule has 5 rings (SSSR count). The van der Waals surface area contributed by atoms with E-state index in [-0.39, 0.29) is 37.2 Å². The first kappa shape index (κ1) is 18.9. The van der Waals surface area contributed by atoms with Crippen LogP contribution in [0, 0.1) is 0 Å². The number of benzene rings is 2. The Balaban J connectivity index is 1.41. The number of rotatable bonds is 4. The average molecular weight is 408 g/mol. The molecule has 0 bridgehead atoms. The van der Waals surface area contributed by atoms with Crippen LogP contribution in [-0.4, -0.2) is 64.8 Å². The van der Waals surface area contributed by atoms with Gasteiger partial charge < -0.3 is 24.4 Å². The maximum atomic E-state index is 13.1. The van der Waals surface area contributed by atoms with Crippen LogP contribution in [0.3, 0.4) is 0 Å². The lowest BCUT2D eigenvalue weighted by molar-refractivity contribution is -0.193. The molecular weight excluding hydrogens is 384 g/mol. The van der Waals surface area contributed by atoms with Crippen molar-refractivity contribution >= 4 is 11.8 Å². The minimum Gasteiger partial charge on any atom is -0.454 e. The number of likely N-dealkylation sites (tertiary alicyclic amines) is 2. The van der Waals surface area contributed by atoms with Crippen LogP contribution in [0.25, 0.3) is 0 Å². The lowest BCUT2D eigenvalue weighted by Gasteiger charge is -2.70. The monoisotopic (exact) mass is 408 g/mol. The van der Waals surface area contributed by atoms with Crippen molar-refractivity contribution in [2.45, 2.75) is 30.8 Å². The second-order valence-electron chi connectivity index (χ2n) is 8.09. The Hall–Kier alpha value is -3.06. The summed E-state index contributed by atoms with van der Waals surface area (Å²) in [5, 5.41) is 10.0. The molecule has 2 fully saturated rings. The van der Waals surface area contributed by atoms with Gasteiger partial charge in [0.2, 0.25) is 12.7 Å². The first-order valence-corrected chi connectivity index (χ1v) is 10.3. The molecule has 0 saturated carbocycles. The molecule has 3 aliphatic heterocycles. The van der Waals surface area contributed by atoms with Crippen molar-refractivity contribution in [3.8, 4) is 11.5 Å². The van der Waals surface area contributed by atoms with Gasteiger partial charge in [0.15, 0.2) is 11.5 Å². The fourth-order valence-corrected chi connectivity index (χ4v) is 5.21. The molecule has 1 spiro atoms. The summed E-state index contributed by atoms with van der Waals surface area (Å²) in [6, 6.07) is 14.9. The highest BCUT2D eigenvalue weighted by Gasteiger charge is 2.67. The molecule has 0 aliphatic carbocycles. The van der Waals surface area contributed by atoms with Gasteiger partial charge in [0.05, 0.1) is 18.2 Å². The van der Waals surface area contributed by atoms with Gasteiger partial charge in [-0.25, -0.2) is 0 Å². The number of ether oxygens (including phenoxy) is 2. The molecule has 2 atom stereocenters. The fourth-order valence-electron chi connectivity index (χ4n) is 5.21. The number of carbonyl (C=O) groups is 2. The highest BCUT2D eigenvalue weighted by atomic mass is 16.7. The Kier molecular flexibility index (Phi) is 4.43. The predicted molar refractivity (Wildman–Crippen MR) is 108 cm³/mol. The lowest BCUT2D eigenvalue weighted by Crippen LogP contribution is -2.85. The maximum absolute atomic E-state index is 13.1.